The Labute approximate surface area is 239 Å². The lowest BCUT2D eigenvalue weighted by atomic mass is 9.96. The van der Waals surface area contributed by atoms with Gasteiger partial charge in [0.25, 0.3) is 5.69 Å². The summed E-state index contributed by atoms with van der Waals surface area (Å²) in [6, 6.07) is 10.8. The lowest BCUT2D eigenvalue weighted by Gasteiger charge is -2.19. The SMILES string of the molecule is CCN(CC)CCn1c(Cc2ccc3c(c2)OCO3)nc2cc([N+](=O)[O-])ccc21.O=C(O)CC(O)(CC(=O)O)C(=O)O. The number of nitro groups is 1. The van der Waals surface area contributed by atoms with Crippen molar-refractivity contribution >= 4 is 34.6 Å². The fourth-order valence-electron chi connectivity index (χ4n) is 4.39. The number of aromatic nitrogens is 2. The third-order valence-corrected chi connectivity index (χ3v) is 6.64. The standard InChI is InChI=1S/C21H24N4O4.C6H8O7/c1-3-23(4-2)9-10-24-18-7-6-16(25(26)27)13-17(18)22-21(24)12-15-5-8-19-20(11-15)29-14-28-19;7-3(8)1-6(13,5(11)12)2-4(9)10/h5-8,11,13H,3-4,9-10,12,14H2,1-2H3;13H,1-2H2,(H,7,8)(H,9,10)(H,11,12). The number of likely N-dealkylation sites (N-methyl/N-ethyl adjacent to an activating group) is 1. The average molecular weight is 589 g/mol. The van der Waals surface area contributed by atoms with E-state index in [4.69, 9.17) is 34.9 Å². The molecule has 2 aromatic carbocycles. The maximum Gasteiger partial charge on any atom is 0.336 e. The lowest BCUT2D eigenvalue weighted by Crippen LogP contribution is -2.42. The Balaban J connectivity index is 0.000000316. The molecule has 0 spiro atoms. The number of aliphatic carboxylic acids is 3. The molecule has 0 saturated carbocycles. The van der Waals surface area contributed by atoms with Crippen molar-refractivity contribution in [1.29, 1.82) is 0 Å². The van der Waals surface area contributed by atoms with E-state index in [0.717, 1.165) is 54.6 Å². The summed E-state index contributed by atoms with van der Waals surface area (Å²) in [5.74, 6) is -2.65. The van der Waals surface area contributed by atoms with Gasteiger partial charge in [-0.05, 0) is 36.9 Å². The Bertz CT molecular complexity index is 1450. The zero-order chi connectivity index (χ0) is 31.0. The highest BCUT2D eigenvalue weighted by molar-refractivity contribution is 5.88. The van der Waals surface area contributed by atoms with Crippen LogP contribution in [0.25, 0.3) is 11.0 Å². The van der Waals surface area contributed by atoms with Crippen LogP contribution in [0.15, 0.2) is 36.4 Å². The van der Waals surface area contributed by atoms with E-state index in [-0.39, 0.29) is 17.4 Å². The number of nitrogens with zero attached hydrogens (tertiary/aromatic N) is 4. The number of rotatable bonds is 13. The monoisotopic (exact) mass is 588 g/mol. The summed E-state index contributed by atoms with van der Waals surface area (Å²) >= 11 is 0. The average Bonchev–Trinajstić information content (AvgIpc) is 3.52. The predicted octanol–water partition coefficient (Wildman–Crippen LogP) is 2.36. The molecular weight excluding hydrogens is 556 g/mol. The number of nitro benzene ring substituents is 1. The molecule has 1 aliphatic rings. The first-order valence-electron chi connectivity index (χ1n) is 13.0. The molecular formula is C27H32N4O11. The molecule has 0 amide bonds. The van der Waals surface area contributed by atoms with E-state index in [1.807, 2.05) is 18.2 Å². The highest BCUT2D eigenvalue weighted by Crippen LogP contribution is 2.33. The van der Waals surface area contributed by atoms with E-state index in [1.54, 1.807) is 18.2 Å². The van der Waals surface area contributed by atoms with Gasteiger partial charge >= 0.3 is 17.9 Å². The maximum absolute atomic E-state index is 11.2. The first kappa shape index (κ1) is 31.8. The fraction of sp³-hybridized carbons (Fsp3) is 0.407. The van der Waals surface area contributed by atoms with Gasteiger partial charge < -0.3 is 39.4 Å². The number of carbonyl (C=O) groups is 3. The van der Waals surface area contributed by atoms with Crippen molar-refractivity contribution < 1.29 is 49.2 Å². The molecule has 4 rings (SSSR count). The van der Waals surface area contributed by atoms with Gasteiger partial charge in [-0.25, -0.2) is 9.78 Å². The summed E-state index contributed by atoms with van der Waals surface area (Å²) in [6.07, 6.45) is -1.68. The summed E-state index contributed by atoms with van der Waals surface area (Å²) in [5, 5.41) is 45.0. The lowest BCUT2D eigenvalue weighted by molar-refractivity contribution is -0.384. The van der Waals surface area contributed by atoms with E-state index in [0.29, 0.717) is 11.9 Å². The second-order valence-electron chi connectivity index (χ2n) is 9.48. The minimum atomic E-state index is -2.74. The van der Waals surface area contributed by atoms with Crippen LogP contribution in [-0.2, 0) is 27.3 Å². The van der Waals surface area contributed by atoms with Crippen LogP contribution in [0.1, 0.15) is 38.1 Å². The fourth-order valence-corrected chi connectivity index (χ4v) is 4.39. The number of imidazole rings is 1. The van der Waals surface area contributed by atoms with Gasteiger partial charge in [0.05, 0.1) is 28.8 Å². The molecule has 0 unspecified atom stereocenters. The molecule has 0 aliphatic carbocycles. The molecule has 1 aliphatic heterocycles. The second kappa shape index (κ2) is 13.7. The van der Waals surface area contributed by atoms with Crippen LogP contribution in [0.2, 0.25) is 0 Å². The Morgan fingerprint density at radius 3 is 2.24 bits per heavy atom. The molecule has 0 bridgehead atoms. The van der Waals surface area contributed by atoms with Crippen molar-refractivity contribution in [3.05, 3.63) is 57.9 Å². The van der Waals surface area contributed by atoms with E-state index in [1.165, 1.54) is 0 Å². The van der Waals surface area contributed by atoms with Gasteiger partial charge in [-0.1, -0.05) is 19.9 Å². The number of non-ortho nitro benzene ring substituents is 1. The van der Waals surface area contributed by atoms with Crippen molar-refractivity contribution in [2.45, 2.75) is 45.3 Å². The predicted molar refractivity (Wildman–Crippen MR) is 147 cm³/mol. The van der Waals surface area contributed by atoms with Crippen LogP contribution >= 0.6 is 0 Å². The molecule has 0 radical (unpaired) electrons. The molecule has 1 aromatic heterocycles. The minimum absolute atomic E-state index is 0.0560. The molecule has 226 valence electrons. The summed E-state index contributed by atoms with van der Waals surface area (Å²) in [5.41, 5.74) is -0.0610. The van der Waals surface area contributed by atoms with E-state index >= 15 is 0 Å². The van der Waals surface area contributed by atoms with Gasteiger partial charge in [-0.15, -0.1) is 0 Å². The maximum atomic E-state index is 11.2. The number of carboxylic acid groups (broad SMARTS) is 3. The van der Waals surface area contributed by atoms with Gasteiger partial charge in [0, 0.05) is 31.6 Å². The smallest absolute Gasteiger partial charge is 0.336 e. The van der Waals surface area contributed by atoms with Crippen LogP contribution < -0.4 is 9.47 Å². The Kier molecular flexibility index (Phi) is 10.4. The normalized spacial score (nSPS) is 12.2. The minimum Gasteiger partial charge on any atom is -0.481 e. The summed E-state index contributed by atoms with van der Waals surface area (Å²) in [6.45, 7) is 8.15. The quantitative estimate of drug-likeness (QED) is 0.167. The zero-order valence-corrected chi connectivity index (χ0v) is 23.1. The van der Waals surface area contributed by atoms with Crippen molar-refractivity contribution in [2.75, 3.05) is 26.4 Å². The topological polar surface area (TPSA) is 215 Å². The van der Waals surface area contributed by atoms with E-state index in [2.05, 4.69) is 23.3 Å². The molecule has 2 heterocycles. The van der Waals surface area contributed by atoms with Crippen LogP contribution in [0.5, 0.6) is 11.5 Å². The molecule has 0 fully saturated rings. The van der Waals surface area contributed by atoms with Crippen molar-refractivity contribution in [3.63, 3.8) is 0 Å². The number of ether oxygens (including phenoxy) is 2. The molecule has 15 heteroatoms. The van der Waals surface area contributed by atoms with Crippen LogP contribution in [-0.4, -0.2) is 89.7 Å². The number of fused-ring (bicyclic) bond motifs is 2. The Hall–Kier alpha value is -4.76. The molecule has 0 atom stereocenters. The van der Waals surface area contributed by atoms with Gasteiger partial charge in [0.15, 0.2) is 17.1 Å². The number of hydrogen-bond donors (Lipinski definition) is 4. The van der Waals surface area contributed by atoms with Gasteiger partial charge in [-0.3, -0.25) is 19.7 Å². The molecule has 0 saturated heterocycles. The third kappa shape index (κ3) is 7.92. The highest BCUT2D eigenvalue weighted by atomic mass is 16.7. The second-order valence-corrected chi connectivity index (χ2v) is 9.48. The van der Waals surface area contributed by atoms with E-state index < -0.39 is 36.4 Å². The van der Waals surface area contributed by atoms with Crippen molar-refractivity contribution in [3.8, 4) is 11.5 Å². The number of benzene rings is 2. The first-order valence-corrected chi connectivity index (χ1v) is 13.0. The molecule has 4 N–H and O–H groups in total. The van der Waals surface area contributed by atoms with Crippen LogP contribution in [0.3, 0.4) is 0 Å². The van der Waals surface area contributed by atoms with E-state index in [9.17, 15) is 24.5 Å². The first-order chi connectivity index (χ1) is 19.9. The zero-order valence-electron chi connectivity index (χ0n) is 23.1. The number of hydrogen-bond acceptors (Lipinski definition) is 10. The largest absolute Gasteiger partial charge is 0.481 e. The van der Waals surface area contributed by atoms with Gasteiger partial charge in [0.2, 0.25) is 6.79 Å². The van der Waals surface area contributed by atoms with Gasteiger partial charge in [-0.2, -0.15) is 0 Å². The summed E-state index contributed by atoms with van der Waals surface area (Å²) < 4.78 is 13.0. The Morgan fingerprint density at radius 1 is 1.02 bits per heavy atom. The van der Waals surface area contributed by atoms with Crippen molar-refractivity contribution in [2.24, 2.45) is 0 Å². The molecule has 15 nitrogen and oxygen atoms in total. The van der Waals surface area contributed by atoms with Crippen LogP contribution in [0, 0.1) is 10.1 Å². The highest BCUT2D eigenvalue weighted by Gasteiger charge is 2.40. The number of carboxylic acids is 3. The summed E-state index contributed by atoms with van der Waals surface area (Å²) in [4.78, 5) is 48.4. The van der Waals surface area contributed by atoms with Gasteiger partial charge in [0.1, 0.15) is 5.82 Å². The molecule has 42 heavy (non-hydrogen) atoms. The Morgan fingerprint density at radius 2 is 1.67 bits per heavy atom. The third-order valence-electron chi connectivity index (χ3n) is 6.64. The molecule has 3 aromatic rings. The number of aliphatic hydroxyl groups is 1. The van der Waals surface area contributed by atoms with Crippen molar-refractivity contribution in [1.82, 2.24) is 14.5 Å². The van der Waals surface area contributed by atoms with Crippen LogP contribution in [0.4, 0.5) is 5.69 Å². The summed E-state index contributed by atoms with van der Waals surface area (Å²) in [7, 11) is 0.